The van der Waals surface area contributed by atoms with Gasteiger partial charge >= 0.3 is 6.03 Å². The van der Waals surface area contributed by atoms with Gasteiger partial charge < -0.3 is 9.88 Å². The highest BCUT2D eigenvalue weighted by Gasteiger charge is 2.52. The Kier molecular flexibility index (Phi) is 3.49. The van der Waals surface area contributed by atoms with Crippen LogP contribution < -0.4 is 5.32 Å². The number of carbonyl (C=O) groups excluding carboxylic acids is 3. The maximum Gasteiger partial charge on any atom is 0.325 e. The van der Waals surface area contributed by atoms with E-state index in [9.17, 15) is 14.4 Å². The second-order valence-corrected chi connectivity index (χ2v) is 6.78. The minimum absolute atomic E-state index is 0.230. The number of nitrogens with zero attached hydrogens (tertiary/aromatic N) is 2. The fourth-order valence-corrected chi connectivity index (χ4v) is 3.82. The van der Waals surface area contributed by atoms with Gasteiger partial charge in [0, 0.05) is 19.7 Å². The molecular formula is C19H19N3O3. The summed E-state index contributed by atoms with van der Waals surface area (Å²) < 4.78 is 1.69. The number of nitrogens with one attached hydrogen (secondary N) is 1. The van der Waals surface area contributed by atoms with E-state index < -0.39 is 11.6 Å². The van der Waals surface area contributed by atoms with Gasteiger partial charge in [0.1, 0.15) is 5.54 Å². The Morgan fingerprint density at radius 2 is 1.92 bits per heavy atom. The first kappa shape index (κ1) is 15.6. The lowest BCUT2D eigenvalue weighted by Crippen LogP contribution is -2.51. The summed E-state index contributed by atoms with van der Waals surface area (Å²) in [5, 5.41) is 2.85. The first-order valence-corrected chi connectivity index (χ1v) is 8.36. The molecule has 0 bridgehead atoms. The van der Waals surface area contributed by atoms with Gasteiger partial charge in [-0.15, -0.1) is 0 Å². The molecule has 1 saturated heterocycles. The standard InChI is InChI=1S/C19H19N3O3/c1-21-10-4-7-15(21)16(23)12-22-17(24)19(20-18(22)25)9-8-13-5-2-3-6-14(13)11-19/h2-7,10H,8-9,11-12H2,1H3,(H,20,25). The number of hydrogen-bond donors (Lipinski definition) is 1. The molecule has 2 aromatic rings. The second kappa shape index (κ2) is 5.58. The van der Waals surface area contributed by atoms with Crippen molar-refractivity contribution in [2.45, 2.75) is 24.8 Å². The maximum atomic E-state index is 13.0. The SMILES string of the molecule is Cn1cccc1C(=O)CN1C(=O)NC2(CCc3ccccc3C2)C1=O. The van der Waals surface area contributed by atoms with Crippen molar-refractivity contribution >= 4 is 17.7 Å². The van der Waals surface area contributed by atoms with Crippen LogP contribution in [-0.2, 0) is 24.7 Å². The third-order valence-corrected chi connectivity index (χ3v) is 5.21. The number of urea groups is 1. The van der Waals surface area contributed by atoms with Gasteiger partial charge in [0.2, 0.25) is 0 Å². The first-order valence-electron chi connectivity index (χ1n) is 8.36. The summed E-state index contributed by atoms with van der Waals surface area (Å²) in [6.45, 7) is -0.230. The Hall–Kier alpha value is -2.89. The van der Waals surface area contributed by atoms with Crippen LogP contribution in [0.2, 0.25) is 0 Å². The topological polar surface area (TPSA) is 71.4 Å². The molecule has 1 atom stereocenters. The van der Waals surface area contributed by atoms with Gasteiger partial charge in [-0.25, -0.2) is 4.79 Å². The molecule has 0 saturated carbocycles. The summed E-state index contributed by atoms with van der Waals surface area (Å²) in [6, 6.07) is 10.9. The normalized spacial score (nSPS) is 22.2. The van der Waals surface area contributed by atoms with E-state index >= 15 is 0 Å². The average molecular weight is 337 g/mol. The van der Waals surface area contributed by atoms with E-state index in [1.54, 1.807) is 29.9 Å². The van der Waals surface area contributed by atoms with E-state index in [0.717, 1.165) is 16.9 Å². The van der Waals surface area contributed by atoms with Crippen LogP contribution in [0.25, 0.3) is 0 Å². The summed E-state index contributed by atoms with van der Waals surface area (Å²) in [5.41, 5.74) is 1.86. The molecule has 1 spiro atoms. The minimum atomic E-state index is -0.917. The van der Waals surface area contributed by atoms with Gasteiger partial charge in [0.15, 0.2) is 5.78 Å². The van der Waals surface area contributed by atoms with Gasteiger partial charge in [0.05, 0.1) is 12.2 Å². The highest BCUT2D eigenvalue weighted by atomic mass is 16.2. The van der Waals surface area contributed by atoms with Crippen LogP contribution in [0.15, 0.2) is 42.6 Å². The van der Waals surface area contributed by atoms with Crippen LogP contribution in [-0.4, -0.2) is 39.3 Å². The largest absolute Gasteiger partial charge is 0.348 e. The molecule has 25 heavy (non-hydrogen) atoms. The van der Waals surface area contributed by atoms with Crippen molar-refractivity contribution in [2.24, 2.45) is 7.05 Å². The Morgan fingerprint density at radius 1 is 1.16 bits per heavy atom. The molecule has 2 aliphatic rings. The van der Waals surface area contributed by atoms with Crippen LogP contribution in [0.4, 0.5) is 4.79 Å². The summed E-state index contributed by atoms with van der Waals surface area (Å²) in [7, 11) is 1.76. The Labute approximate surface area is 145 Å². The predicted octanol–water partition coefficient (Wildman–Crippen LogP) is 1.69. The van der Waals surface area contributed by atoms with E-state index in [-0.39, 0.29) is 18.2 Å². The molecule has 0 radical (unpaired) electrons. The number of rotatable bonds is 3. The van der Waals surface area contributed by atoms with E-state index in [2.05, 4.69) is 11.4 Å². The predicted molar refractivity (Wildman–Crippen MR) is 91.2 cm³/mol. The molecule has 1 fully saturated rings. The molecule has 128 valence electrons. The lowest BCUT2D eigenvalue weighted by atomic mass is 9.78. The van der Waals surface area contributed by atoms with Crippen molar-refractivity contribution < 1.29 is 14.4 Å². The fourth-order valence-electron chi connectivity index (χ4n) is 3.82. The highest BCUT2D eigenvalue weighted by Crippen LogP contribution is 2.33. The number of benzene rings is 1. The lowest BCUT2D eigenvalue weighted by molar-refractivity contribution is -0.131. The number of hydrogen-bond acceptors (Lipinski definition) is 3. The van der Waals surface area contributed by atoms with E-state index in [4.69, 9.17) is 0 Å². The molecule has 1 N–H and O–H groups in total. The van der Waals surface area contributed by atoms with Crippen LogP contribution >= 0.6 is 0 Å². The second-order valence-electron chi connectivity index (χ2n) is 6.78. The zero-order valence-electron chi connectivity index (χ0n) is 14.0. The molecule has 3 amide bonds. The third-order valence-electron chi connectivity index (χ3n) is 5.21. The van der Waals surface area contributed by atoms with E-state index in [0.29, 0.717) is 18.5 Å². The van der Waals surface area contributed by atoms with Crippen LogP contribution in [0.5, 0.6) is 0 Å². The Morgan fingerprint density at radius 3 is 2.64 bits per heavy atom. The zero-order chi connectivity index (χ0) is 17.6. The first-order chi connectivity index (χ1) is 12.0. The van der Waals surface area contributed by atoms with Crippen molar-refractivity contribution in [3.8, 4) is 0 Å². The van der Waals surface area contributed by atoms with Crippen molar-refractivity contribution in [2.75, 3.05) is 6.54 Å². The van der Waals surface area contributed by atoms with Crippen LogP contribution in [0.3, 0.4) is 0 Å². The molecule has 1 aliphatic heterocycles. The highest BCUT2D eigenvalue weighted by molar-refractivity contribution is 6.11. The van der Waals surface area contributed by atoms with Crippen molar-refractivity contribution in [1.29, 1.82) is 0 Å². The quantitative estimate of drug-likeness (QED) is 0.684. The van der Waals surface area contributed by atoms with Crippen LogP contribution in [0.1, 0.15) is 28.0 Å². The zero-order valence-corrected chi connectivity index (χ0v) is 14.0. The number of imide groups is 1. The molecule has 1 unspecified atom stereocenters. The van der Waals surface area contributed by atoms with Crippen LogP contribution in [0, 0.1) is 0 Å². The smallest absolute Gasteiger partial charge is 0.325 e. The Bertz CT molecular complexity index is 886. The molecule has 6 heteroatoms. The van der Waals surface area contributed by atoms with Gasteiger partial charge in [-0.2, -0.15) is 0 Å². The summed E-state index contributed by atoms with van der Waals surface area (Å²) >= 11 is 0. The van der Waals surface area contributed by atoms with E-state index in [1.165, 1.54) is 5.56 Å². The summed E-state index contributed by atoms with van der Waals surface area (Å²) in [6.07, 6.45) is 3.53. The van der Waals surface area contributed by atoms with Crippen molar-refractivity contribution in [3.63, 3.8) is 0 Å². The third kappa shape index (κ3) is 2.45. The van der Waals surface area contributed by atoms with Crippen molar-refractivity contribution in [3.05, 3.63) is 59.4 Å². The van der Waals surface area contributed by atoms with E-state index in [1.807, 2.05) is 18.2 Å². The van der Waals surface area contributed by atoms with Crippen molar-refractivity contribution in [1.82, 2.24) is 14.8 Å². The number of aryl methyl sites for hydroxylation is 2. The molecule has 1 aromatic carbocycles. The fraction of sp³-hybridized carbons (Fsp3) is 0.316. The number of aromatic nitrogens is 1. The van der Waals surface area contributed by atoms with Gasteiger partial charge in [-0.3, -0.25) is 14.5 Å². The Balaban J connectivity index is 1.57. The molecule has 2 heterocycles. The molecule has 6 nitrogen and oxygen atoms in total. The van der Waals surface area contributed by atoms with Gasteiger partial charge in [0.25, 0.3) is 5.91 Å². The average Bonchev–Trinajstić information content (AvgIpc) is 3.12. The number of carbonyl (C=O) groups is 3. The summed E-state index contributed by atoms with van der Waals surface area (Å²) in [4.78, 5) is 38.9. The lowest BCUT2D eigenvalue weighted by Gasteiger charge is -2.32. The number of ketones is 1. The maximum absolute atomic E-state index is 13.0. The monoisotopic (exact) mass is 337 g/mol. The molecule has 1 aromatic heterocycles. The minimum Gasteiger partial charge on any atom is -0.348 e. The number of Topliss-reactive ketones (excluding diaryl/α,β-unsaturated/α-hetero) is 1. The molecule has 1 aliphatic carbocycles. The number of amides is 3. The van der Waals surface area contributed by atoms with Gasteiger partial charge in [-0.1, -0.05) is 24.3 Å². The number of fused-ring (bicyclic) bond motifs is 1. The molecular weight excluding hydrogens is 318 g/mol. The van der Waals surface area contributed by atoms with Gasteiger partial charge in [-0.05, 0) is 36.1 Å². The summed E-state index contributed by atoms with van der Waals surface area (Å²) in [5.74, 6) is -0.543. The molecule has 4 rings (SSSR count).